The van der Waals surface area contributed by atoms with Gasteiger partial charge in [-0.2, -0.15) is 18.3 Å². The Morgan fingerprint density at radius 3 is 2.19 bits per heavy atom. The summed E-state index contributed by atoms with van der Waals surface area (Å²) in [4.78, 5) is 3.89. The first-order valence-electron chi connectivity index (χ1n) is 4.53. The summed E-state index contributed by atoms with van der Waals surface area (Å²) in [5, 5.41) is 4.00. The van der Waals surface area contributed by atoms with Gasteiger partial charge in [0, 0.05) is 0 Å². The molecule has 0 N–H and O–H groups in total. The van der Waals surface area contributed by atoms with E-state index in [1.54, 1.807) is 6.92 Å². The van der Waals surface area contributed by atoms with Gasteiger partial charge in [-0.15, -0.1) is 0 Å². The van der Waals surface area contributed by atoms with Crippen molar-refractivity contribution in [3.05, 3.63) is 42.0 Å². The summed E-state index contributed by atoms with van der Waals surface area (Å²) in [5.74, 6) is 0.569. The Balaban J connectivity index is 2.33. The third-order valence-electron chi connectivity index (χ3n) is 2.07. The van der Waals surface area contributed by atoms with Crippen LogP contribution in [0.4, 0.5) is 13.2 Å². The Labute approximate surface area is 89.5 Å². The van der Waals surface area contributed by atoms with Gasteiger partial charge in [-0.1, -0.05) is 0 Å². The number of benzene rings is 1. The molecule has 0 fully saturated rings. The second kappa shape index (κ2) is 3.62. The first-order chi connectivity index (χ1) is 7.47. The molecule has 0 aliphatic heterocycles. The van der Waals surface area contributed by atoms with Crippen LogP contribution in [0.5, 0.6) is 0 Å². The van der Waals surface area contributed by atoms with Crippen molar-refractivity contribution in [2.75, 3.05) is 0 Å². The molecular formula is C10H8F3N3. The molecule has 0 atom stereocenters. The molecule has 0 aliphatic carbocycles. The van der Waals surface area contributed by atoms with E-state index in [9.17, 15) is 13.2 Å². The molecule has 0 aliphatic rings. The smallest absolute Gasteiger partial charge is 0.221 e. The van der Waals surface area contributed by atoms with E-state index in [-0.39, 0.29) is 0 Å². The average molecular weight is 227 g/mol. The highest BCUT2D eigenvalue weighted by molar-refractivity contribution is 5.34. The van der Waals surface area contributed by atoms with Crippen molar-refractivity contribution in [3.63, 3.8) is 0 Å². The van der Waals surface area contributed by atoms with Crippen molar-refractivity contribution in [1.82, 2.24) is 14.8 Å². The number of halogens is 3. The SMILES string of the molecule is Cc1ncn(-c2ccc(C(F)(F)F)cc2)n1. The predicted molar refractivity (Wildman–Crippen MR) is 51.1 cm³/mol. The molecule has 0 unspecified atom stereocenters. The van der Waals surface area contributed by atoms with Crippen LogP contribution in [-0.2, 0) is 6.18 Å². The molecule has 1 heterocycles. The highest BCUT2D eigenvalue weighted by Gasteiger charge is 2.29. The lowest BCUT2D eigenvalue weighted by atomic mass is 10.2. The zero-order valence-electron chi connectivity index (χ0n) is 8.36. The fourth-order valence-electron chi connectivity index (χ4n) is 1.27. The topological polar surface area (TPSA) is 30.7 Å². The number of hydrogen-bond donors (Lipinski definition) is 0. The second-order valence-electron chi connectivity index (χ2n) is 3.28. The summed E-state index contributed by atoms with van der Waals surface area (Å²) < 4.78 is 38.3. The van der Waals surface area contributed by atoms with Crippen LogP contribution < -0.4 is 0 Å². The number of hydrogen-bond acceptors (Lipinski definition) is 2. The number of aryl methyl sites for hydroxylation is 1. The fraction of sp³-hybridized carbons (Fsp3) is 0.200. The van der Waals surface area contributed by atoms with Gasteiger partial charge < -0.3 is 0 Å². The Morgan fingerprint density at radius 1 is 1.12 bits per heavy atom. The normalized spacial score (nSPS) is 11.8. The van der Waals surface area contributed by atoms with Gasteiger partial charge in [0.2, 0.25) is 0 Å². The highest BCUT2D eigenvalue weighted by atomic mass is 19.4. The summed E-state index contributed by atoms with van der Waals surface area (Å²) in [6, 6.07) is 4.76. The van der Waals surface area contributed by atoms with E-state index < -0.39 is 11.7 Å². The van der Waals surface area contributed by atoms with Crippen LogP contribution in [0.3, 0.4) is 0 Å². The Bertz CT molecular complexity index is 485. The minimum atomic E-state index is -4.31. The number of alkyl halides is 3. The molecule has 0 saturated heterocycles. The third-order valence-corrected chi connectivity index (χ3v) is 2.07. The lowest BCUT2D eigenvalue weighted by Gasteiger charge is -2.07. The van der Waals surface area contributed by atoms with E-state index in [1.807, 2.05) is 0 Å². The largest absolute Gasteiger partial charge is 0.416 e. The van der Waals surface area contributed by atoms with Crippen molar-refractivity contribution in [2.24, 2.45) is 0 Å². The van der Waals surface area contributed by atoms with Crippen LogP contribution in [-0.4, -0.2) is 14.8 Å². The van der Waals surface area contributed by atoms with E-state index >= 15 is 0 Å². The number of aromatic nitrogens is 3. The van der Waals surface area contributed by atoms with Crippen molar-refractivity contribution >= 4 is 0 Å². The zero-order chi connectivity index (χ0) is 11.8. The summed E-state index contributed by atoms with van der Waals surface area (Å²) in [5.41, 5.74) is -0.123. The Kier molecular flexibility index (Phi) is 2.41. The molecule has 84 valence electrons. The molecule has 6 heteroatoms. The third kappa shape index (κ3) is 2.05. The molecule has 0 saturated carbocycles. The van der Waals surface area contributed by atoms with E-state index in [1.165, 1.54) is 23.1 Å². The molecule has 0 radical (unpaired) electrons. The molecule has 1 aromatic carbocycles. The van der Waals surface area contributed by atoms with Crippen LogP contribution in [0.15, 0.2) is 30.6 Å². The lowest BCUT2D eigenvalue weighted by Crippen LogP contribution is -2.05. The molecular weight excluding hydrogens is 219 g/mol. The number of rotatable bonds is 1. The first-order valence-corrected chi connectivity index (χ1v) is 4.53. The maximum atomic E-state index is 12.3. The standard InChI is InChI=1S/C10H8F3N3/c1-7-14-6-16(15-7)9-4-2-8(3-5-9)10(11,12)13/h2-6H,1H3. The van der Waals surface area contributed by atoms with Gasteiger partial charge in [-0.05, 0) is 31.2 Å². The molecule has 2 rings (SSSR count). The van der Waals surface area contributed by atoms with Gasteiger partial charge >= 0.3 is 6.18 Å². The molecule has 16 heavy (non-hydrogen) atoms. The highest BCUT2D eigenvalue weighted by Crippen LogP contribution is 2.29. The molecule has 3 nitrogen and oxygen atoms in total. The van der Waals surface area contributed by atoms with Gasteiger partial charge in [0.1, 0.15) is 12.2 Å². The zero-order valence-corrected chi connectivity index (χ0v) is 8.36. The molecule has 1 aromatic heterocycles. The van der Waals surface area contributed by atoms with Gasteiger partial charge in [0.25, 0.3) is 0 Å². The molecule has 0 amide bonds. The van der Waals surface area contributed by atoms with E-state index in [0.717, 1.165) is 12.1 Å². The Morgan fingerprint density at radius 2 is 1.75 bits per heavy atom. The van der Waals surface area contributed by atoms with Crippen LogP contribution in [0.2, 0.25) is 0 Å². The summed E-state index contributed by atoms with van der Waals surface area (Å²) in [6.07, 6.45) is -2.85. The van der Waals surface area contributed by atoms with Crippen molar-refractivity contribution in [2.45, 2.75) is 13.1 Å². The Hall–Kier alpha value is -1.85. The maximum absolute atomic E-state index is 12.3. The van der Waals surface area contributed by atoms with Crippen molar-refractivity contribution < 1.29 is 13.2 Å². The molecule has 0 spiro atoms. The van der Waals surface area contributed by atoms with Gasteiger partial charge in [-0.3, -0.25) is 0 Å². The minimum absolute atomic E-state index is 0.550. The van der Waals surface area contributed by atoms with Gasteiger partial charge in [0.05, 0.1) is 11.3 Å². The van der Waals surface area contributed by atoms with Gasteiger partial charge in [-0.25, -0.2) is 9.67 Å². The van der Waals surface area contributed by atoms with E-state index in [0.29, 0.717) is 11.5 Å². The van der Waals surface area contributed by atoms with Crippen LogP contribution >= 0.6 is 0 Å². The monoisotopic (exact) mass is 227 g/mol. The second-order valence-corrected chi connectivity index (χ2v) is 3.28. The summed E-state index contributed by atoms with van der Waals surface area (Å²) >= 11 is 0. The van der Waals surface area contributed by atoms with Crippen LogP contribution in [0.25, 0.3) is 5.69 Å². The van der Waals surface area contributed by atoms with Crippen molar-refractivity contribution in [1.29, 1.82) is 0 Å². The van der Waals surface area contributed by atoms with Crippen molar-refractivity contribution in [3.8, 4) is 5.69 Å². The quantitative estimate of drug-likeness (QED) is 0.749. The molecule has 0 bridgehead atoms. The first kappa shape index (κ1) is 10.7. The summed E-state index contributed by atoms with van der Waals surface area (Å²) in [7, 11) is 0. The van der Waals surface area contributed by atoms with Gasteiger partial charge in [0.15, 0.2) is 0 Å². The average Bonchev–Trinajstić information content (AvgIpc) is 2.64. The minimum Gasteiger partial charge on any atom is -0.221 e. The van der Waals surface area contributed by atoms with E-state index in [2.05, 4.69) is 10.1 Å². The van der Waals surface area contributed by atoms with Crippen LogP contribution in [0, 0.1) is 6.92 Å². The lowest BCUT2D eigenvalue weighted by molar-refractivity contribution is -0.137. The van der Waals surface area contributed by atoms with Crippen LogP contribution in [0.1, 0.15) is 11.4 Å². The van der Waals surface area contributed by atoms with E-state index in [4.69, 9.17) is 0 Å². The summed E-state index contributed by atoms with van der Waals surface area (Å²) in [6.45, 7) is 1.71. The predicted octanol–water partition coefficient (Wildman–Crippen LogP) is 2.59. The fourth-order valence-corrected chi connectivity index (χ4v) is 1.27. The molecule has 2 aromatic rings. The maximum Gasteiger partial charge on any atom is 0.416 e. The number of nitrogens with zero attached hydrogens (tertiary/aromatic N) is 3.